The number of alkyl halides is 3. The maximum atomic E-state index is 13.6. The van der Waals surface area contributed by atoms with Gasteiger partial charge in [-0.1, -0.05) is 18.5 Å². The summed E-state index contributed by atoms with van der Waals surface area (Å²) >= 11 is 9.20. The SMILES string of the molecule is CCc1c(N2CCN(C(=O)CNC(=O)OC(C)(C)C)CC2)c(=O)n2nc(Br)nc2n1CC(=O)Nc1ccc(C(F)(F)F)cc1Cl. The van der Waals surface area contributed by atoms with E-state index in [9.17, 15) is 32.3 Å². The van der Waals surface area contributed by atoms with Gasteiger partial charge in [0.25, 0.3) is 5.56 Å². The van der Waals surface area contributed by atoms with Gasteiger partial charge in [-0.25, -0.2) is 4.79 Å². The Hall–Kier alpha value is -3.86. The topological polar surface area (TPSA) is 143 Å². The molecule has 13 nitrogen and oxygen atoms in total. The molecule has 0 aliphatic carbocycles. The van der Waals surface area contributed by atoms with E-state index in [2.05, 4.69) is 36.6 Å². The van der Waals surface area contributed by atoms with E-state index in [0.717, 1.165) is 22.7 Å². The lowest BCUT2D eigenvalue weighted by Gasteiger charge is -2.37. The Bertz CT molecular complexity index is 1680. The van der Waals surface area contributed by atoms with E-state index >= 15 is 0 Å². The van der Waals surface area contributed by atoms with Crippen molar-refractivity contribution in [2.24, 2.45) is 0 Å². The molecular formula is C27H31BrClF3N8O5. The standard InChI is InChI=1S/C27H31BrClF3N8O5/c1-5-18-21(38-10-8-37(9-11-38)20(42)13-33-25(44)45-26(2,3)4)22(43)40-24(35-23(28)36-40)39(18)14-19(41)34-17-7-6-15(12-16(17)29)27(30,31)32/h6-7,12H,5,8-11,13-14H2,1-4H3,(H,33,44)(H,34,41). The van der Waals surface area contributed by atoms with Gasteiger partial charge >= 0.3 is 12.3 Å². The van der Waals surface area contributed by atoms with Crippen molar-refractivity contribution in [3.63, 3.8) is 0 Å². The summed E-state index contributed by atoms with van der Waals surface area (Å²) in [5.41, 5.74) is -1.43. The molecule has 0 saturated carbocycles. The van der Waals surface area contributed by atoms with E-state index in [1.165, 1.54) is 4.57 Å². The number of amides is 3. The number of aromatic nitrogens is 4. The molecule has 3 amide bonds. The Morgan fingerprint density at radius 1 is 1.11 bits per heavy atom. The molecule has 0 spiro atoms. The van der Waals surface area contributed by atoms with Gasteiger partial charge in [0.2, 0.25) is 22.3 Å². The summed E-state index contributed by atoms with van der Waals surface area (Å²) in [4.78, 5) is 59.1. The lowest BCUT2D eigenvalue weighted by atomic mass is 10.2. The van der Waals surface area contributed by atoms with Gasteiger partial charge in [-0.05, 0) is 61.3 Å². The lowest BCUT2D eigenvalue weighted by Crippen LogP contribution is -2.53. The number of hydrogen-bond acceptors (Lipinski definition) is 8. The summed E-state index contributed by atoms with van der Waals surface area (Å²) in [6.45, 7) is 7.37. The minimum atomic E-state index is -4.60. The first kappa shape index (κ1) is 34.0. The molecule has 1 aromatic carbocycles. The second-order valence-corrected chi connectivity index (χ2v) is 12.2. The van der Waals surface area contributed by atoms with Crippen LogP contribution in [-0.4, -0.2) is 80.3 Å². The van der Waals surface area contributed by atoms with Crippen LogP contribution in [0.15, 0.2) is 27.7 Å². The van der Waals surface area contributed by atoms with E-state index in [1.54, 1.807) is 37.5 Å². The fraction of sp³-hybridized carbons (Fsp3) is 0.481. The van der Waals surface area contributed by atoms with E-state index < -0.39 is 34.9 Å². The molecule has 0 atom stereocenters. The third-order valence-corrected chi connectivity index (χ3v) is 7.39. The van der Waals surface area contributed by atoms with Crippen molar-refractivity contribution in [1.82, 2.24) is 29.4 Å². The maximum absolute atomic E-state index is 13.6. The molecule has 3 aromatic rings. The fourth-order valence-electron chi connectivity index (χ4n) is 4.78. The minimum absolute atomic E-state index is 0.0189. The largest absolute Gasteiger partial charge is 0.444 e. The summed E-state index contributed by atoms with van der Waals surface area (Å²) in [5, 5.41) is 8.81. The smallest absolute Gasteiger partial charge is 0.416 e. The second kappa shape index (κ2) is 13.2. The number of carbonyl (C=O) groups is 3. The third kappa shape index (κ3) is 8.06. The molecule has 1 aliphatic rings. The molecule has 2 aromatic heterocycles. The minimum Gasteiger partial charge on any atom is -0.444 e. The van der Waals surface area contributed by atoms with Crippen molar-refractivity contribution in [3.05, 3.63) is 49.6 Å². The van der Waals surface area contributed by atoms with Gasteiger partial charge in [0.1, 0.15) is 24.4 Å². The summed E-state index contributed by atoms with van der Waals surface area (Å²) in [5.74, 6) is -0.874. The number of nitrogens with zero attached hydrogens (tertiary/aromatic N) is 6. The quantitative estimate of drug-likeness (QED) is 0.377. The molecule has 18 heteroatoms. The summed E-state index contributed by atoms with van der Waals surface area (Å²) in [7, 11) is 0. The number of fused-ring (bicyclic) bond motifs is 1. The molecule has 3 heterocycles. The number of piperazine rings is 1. The normalized spacial score (nSPS) is 14.1. The molecule has 4 rings (SSSR count). The van der Waals surface area contributed by atoms with Crippen LogP contribution in [0.5, 0.6) is 0 Å². The predicted octanol–water partition coefficient (Wildman–Crippen LogP) is 3.70. The number of hydrogen-bond donors (Lipinski definition) is 2. The number of benzene rings is 1. The van der Waals surface area contributed by atoms with E-state index in [1.807, 2.05) is 0 Å². The number of alkyl carbamates (subject to hydrolysis) is 1. The molecule has 244 valence electrons. The average Bonchev–Trinajstić information content (AvgIpc) is 3.34. The van der Waals surface area contributed by atoms with Crippen LogP contribution in [0.25, 0.3) is 5.78 Å². The van der Waals surface area contributed by atoms with Crippen molar-refractivity contribution < 1.29 is 32.3 Å². The van der Waals surface area contributed by atoms with Crippen LogP contribution >= 0.6 is 27.5 Å². The van der Waals surface area contributed by atoms with Crippen LogP contribution in [0.2, 0.25) is 5.02 Å². The van der Waals surface area contributed by atoms with Crippen LogP contribution in [0, 0.1) is 0 Å². The van der Waals surface area contributed by atoms with Gasteiger partial charge in [0, 0.05) is 26.2 Å². The molecule has 0 unspecified atom stereocenters. The Morgan fingerprint density at radius 3 is 2.36 bits per heavy atom. The first-order valence-electron chi connectivity index (χ1n) is 13.8. The molecule has 45 heavy (non-hydrogen) atoms. The molecule has 2 N–H and O–H groups in total. The van der Waals surface area contributed by atoms with Gasteiger partial charge in [-0.15, -0.1) is 5.10 Å². The van der Waals surface area contributed by atoms with Crippen LogP contribution in [0.3, 0.4) is 0 Å². The Morgan fingerprint density at radius 2 is 1.78 bits per heavy atom. The molecule has 1 fully saturated rings. The zero-order valence-electron chi connectivity index (χ0n) is 24.8. The van der Waals surface area contributed by atoms with E-state index in [-0.39, 0.29) is 72.1 Å². The predicted molar refractivity (Wildman–Crippen MR) is 162 cm³/mol. The van der Waals surface area contributed by atoms with E-state index in [4.69, 9.17) is 16.3 Å². The molecule has 0 radical (unpaired) electrons. The van der Waals surface area contributed by atoms with Crippen molar-refractivity contribution in [1.29, 1.82) is 0 Å². The highest BCUT2D eigenvalue weighted by Crippen LogP contribution is 2.34. The van der Waals surface area contributed by atoms with Crippen LogP contribution in [0.1, 0.15) is 39.0 Å². The van der Waals surface area contributed by atoms with Crippen molar-refractivity contribution in [3.8, 4) is 0 Å². The summed E-state index contributed by atoms with van der Waals surface area (Å²) < 4.78 is 47.0. The van der Waals surface area contributed by atoms with Gasteiger partial charge < -0.3 is 29.7 Å². The number of carbonyl (C=O) groups excluding carboxylic acids is 3. The Balaban J connectivity index is 1.55. The maximum Gasteiger partial charge on any atom is 0.416 e. The highest BCUT2D eigenvalue weighted by molar-refractivity contribution is 9.10. The summed E-state index contributed by atoms with van der Waals surface area (Å²) in [6, 6.07) is 2.59. The van der Waals surface area contributed by atoms with Gasteiger partial charge in [-0.3, -0.25) is 14.4 Å². The van der Waals surface area contributed by atoms with Crippen LogP contribution in [-0.2, 0) is 33.5 Å². The monoisotopic (exact) mass is 718 g/mol. The first-order chi connectivity index (χ1) is 21.0. The van der Waals surface area contributed by atoms with Crippen LogP contribution < -0.4 is 21.1 Å². The van der Waals surface area contributed by atoms with E-state index in [0.29, 0.717) is 12.1 Å². The second-order valence-electron chi connectivity index (χ2n) is 11.1. The Kier molecular flexibility index (Phi) is 10.0. The lowest BCUT2D eigenvalue weighted by molar-refractivity contribution is -0.137. The highest BCUT2D eigenvalue weighted by Gasteiger charge is 2.32. The molecular weight excluding hydrogens is 689 g/mol. The number of halogens is 5. The highest BCUT2D eigenvalue weighted by atomic mass is 79.9. The Labute approximate surface area is 268 Å². The van der Waals surface area contributed by atoms with Crippen molar-refractivity contribution >= 4 is 62.6 Å². The zero-order valence-corrected chi connectivity index (χ0v) is 27.1. The third-order valence-electron chi connectivity index (χ3n) is 6.74. The van der Waals surface area contributed by atoms with Crippen molar-refractivity contribution in [2.75, 3.05) is 42.9 Å². The average molecular weight is 720 g/mol. The number of rotatable bonds is 7. The molecule has 0 bridgehead atoms. The number of anilines is 2. The van der Waals surface area contributed by atoms with Crippen LogP contribution in [0.4, 0.5) is 29.3 Å². The van der Waals surface area contributed by atoms with Gasteiger partial charge in [0.15, 0.2) is 0 Å². The summed E-state index contributed by atoms with van der Waals surface area (Å²) in [6.07, 6.45) is -5.00. The number of nitrogens with one attached hydrogen (secondary N) is 2. The molecule has 1 saturated heterocycles. The molecule has 1 aliphatic heterocycles. The van der Waals surface area contributed by atoms with Crippen molar-refractivity contribution in [2.45, 2.75) is 52.4 Å². The first-order valence-corrected chi connectivity index (χ1v) is 15.0. The fourth-order valence-corrected chi connectivity index (χ4v) is 5.33. The van der Waals surface area contributed by atoms with Gasteiger partial charge in [-0.2, -0.15) is 22.7 Å². The zero-order chi connectivity index (χ0) is 33.3. The number of ether oxygens (including phenoxy) is 1. The van der Waals surface area contributed by atoms with Gasteiger partial charge in [0.05, 0.1) is 22.0 Å².